The smallest absolute Gasteiger partial charge is 0.407 e. The molecule has 1 aliphatic heterocycles. The molecule has 1 amide bonds. The zero-order valence-corrected chi connectivity index (χ0v) is 7.62. The van der Waals surface area contributed by atoms with Crippen molar-refractivity contribution in [1.29, 1.82) is 0 Å². The van der Waals surface area contributed by atoms with E-state index in [9.17, 15) is 14.9 Å². The highest BCUT2D eigenvalue weighted by molar-refractivity contribution is 5.69. The Kier molecular flexibility index (Phi) is 2.24. The van der Waals surface area contributed by atoms with Crippen molar-refractivity contribution in [2.24, 2.45) is 0 Å². The van der Waals surface area contributed by atoms with Crippen LogP contribution in [0, 0.1) is 10.1 Å². The lowest BCUT2D eigenvalue weighted by atomic mass is 10.4. The molecule has 0 bridgehead atoms. The predicted molar refractivity (Wildman–Crippen MR) is 47.2 cm³/mol. The number of hydrogen-bond donors (Lipinski definition) is 1. The van der Waals surface area contributed by atoms with Gasteiger partial charge in [-0.1, -0.05) is 0 Å². The van der Waals surface area contributed by atoms with E-state index in [1.807, 2.05) is 0 Å². The maximum Gasteiger partial charge on any atom is 0.407 e. The third-order valence-corrected chi connectivity index (χ3v) is 1.95. The van der Waals surface area contributed by atoms with E-state index in [4.69, 9.17) is 4.74 Å². The molecule has 0 radical (unpaired) electrons. The van der Waals surface area contributed by atoms with Crippen molar-refractivity contribution in [3.05, 3.63) is 22.4 Å². The van der Waals surface area contributed by atoms with Gasteiger partial charge in [0.15, 0.2) is 0 Å². The second kappa shape index (κ2) is 3.56. The lowest BCUT2D eigenvalue weighted by molar-refractivity contribution is -0.389. The molecule has 8 nitrogen and oxygen atoms in total. The zero-order valence-electron chi connectivity index (χ0n) is 7.62. The molecular weight excluding hydrogens is 204 g/mol. The normalized spacial score (nSPS) is 19.7. The Bertz CT molecular complexity index is 401. The van der Waals surface area contributed by atoms with Gasteiger partial charge >= 0.3 is 11.9 Å². The van der Waals surface area contributed by atoms with Crippen LogP contribution in [0.3, 0.4) is 0 Å². The Hall–Kier alpha value is -2.12. The van der Waals surface area contributed by atoms with E-state index in [0.717, 1.165) is 0 Å². The zero-order chi connectivity index (χ0) is 10.8. The van der Waals surface area contributed by atoms with Crippen molar-refractivity contribution in [3.8, 4) is 0 Å². The topological polar surface area (TPSA) is 99.3 Å². The van der Waals surface area contributed by atoms with E-state index >= 15 is 0 Å². The average Bonchev–Trinajstić information content (AvgIpc) is 2.76. The monoisotopic (exact) mass is 212 g/mol. The summed E-state index contributed by atoms with van der Waals surface area (Å²) in [7, 11) is 0. The molecule has 2 heterocycles. The van der Waals surface area contributed by atoms with Gasteiger partial charge in [-0.05, 0) is 4.92 Å². The van der Waals surface area contributed by atoms with E-state index in [1.54, 1.807) is 0 Å². The number of carbonyl (C=O) groups excluding carboxylic acids is 1. The van der Waals surface area contributed by atoms with E-state index in [2.05, 4.69) is 10.4 Å². The number of amides is 1. The molecule has 1 fully saturated rings. The minimum atomic E-state index is -0.574. The summed E-state index contributed by atoms with van der Waals surface area (Å²) < 4.78 is 6.23. The first kappa shape index (κ1) is 9.44. The highest BCUT2D eigenvalue weighted by atomic mass is 16.6. The molecule has 1 aliphatic rings. The number of nitro groups is 1. The van der Waals surface area contributed by atoms with Crippen molar-refractivity contribution in [2.75, 3.05) is 6.54 Å². The number of rotatable bonds is 3. The summed E-state index contributed by atoms with van der Waals surface area (Å²) >= 11 is 0. The highest BCUT2D eigenvalue weighted by Gasteiger charge is 2.24. The van der Waals surface area contributed by atoms with Crippen LogP contribution in [0.15, 0.2) is 12.3 Å². The summed E-state index contributed by atoms with van der Waals surface area (Å²) in [6.45, 7) is 0.707. The molecule has 0 aromatic carbocycles. The summed E-state index contributed by atoms with van der Waals surface area (Å²) in [5.41, 5.74) is 0. The molecular formula is C7H8N4O4. The van der Waals surface area contributed by atoms with Crippen molar-refractivity contribution in [2.45, 2.75) is 12.6 Å². The molecule has 80 valence electrons. The van der Waals surface area contributed by atoms with Gasteiger partial charge < -0.3 is 20.2 Å². The minimum Gasteiger partial charge on any atom is -0.442 e. The second-order valence-electron chi connectivity index (χ2n) is 3.06. The van der Waals surface area contributed by atoms with Gasteiger partial charge in [0.2, 0.25) is 0 Å². The Morgan fingerprint density at radius 3 is 3.13 bits per heavy atom. The summed E-state index contributed by atoms with van der Waals surface area (Å²) in [6, 6.07) is 1.30. The average molecular weight is 212 g/mol. The SMILES string of the molecule is O=C1NCC(Cn2ccc([N+](=O)[O-])n2)O1. The Morgan fingerprint density at radius 1 is 1.80 bits per heavy atom. The predicted octanol–water partition coefficient (Wildman–Crippen LogP) is -0.100. The highest BCUT2D eigenvalue weighted by Crippen LogP contribution is 2.08. The fourth-order valence-corrected chi connectivity index (χ4v) is 1.29. The number of nitrogens with zero attached hydrogens (tertiary/aromatic N) is 3. The fraction of sp³-hybridized carbons (Fsp3) is 0.429. The van der Waals surface area contributed by atoms with Gasteiger partial charge in [-0.25, -0.2) is 4.79 Å². The molecule has 1 N–H and O–H groups in total. The number of alkyl carbamates (subject to hydrolysis) is 1. The maximum absolute atomic E-state index is 10.7. The number of hydrogen-bond acceptors (Lipinski definition) is 5. The van der Waals surface area contributed by atoms with Crippen LogP contribution in [0.4, 0.5) is 10.6 Å². The minimum absolute atomic E-state index is 0.215. The van der Waals surface area contributed by atoms with Gasteiger partial charge in [-0.3, -0.25) is 0 Å². The van der Waals surface area contributed by atoms with Gasteiger partial charge in [-0.2, -0.15) is 4.68 Å². The Balaban J connectivity index is 1.99. The molecule has 15 heavy (non-hydrogen) atoms. The second-order valence-corrected chi connectivity index (χ2v) is 3.06. The molecule has 0 spiro atoms. The van der Waals surface area contributed by atoms with E-state index in [1.165, 1.54) is 16.9 Å². The van der Waals surface area contributed by atoms with Crippen LogP contribution in [-0.4, -0.2) is 33.4 Å². The van der Waals surface area contributed by atoms with Crippen LogP contribution in [0.2, 0.25) is 0 Å². The van der Waals surface area contributed by atoms with Crippen LogP contribution >= 0.6 is 0 Å². The van der Waals surface area contributed by atoms with E-state index in [0.29, 0.717) is 13.1 Å². The number of aromatic nitrogens is 2. The third kappa shape index (κ3) is 2.03. The molecule has 8 heteroatoms. The van der Waals surface area contributed by atoms with Gasteiger partial charge in [-0.15, -0.1) is 0 Å². The molecule has 1 aromatic rings. The molecule has 0 saturated carbocycles. The maximum atomic E-state index is 10.7. The fourth-order valence-electron chi connectivity index (χ4n) is 1.29. The van der Waals surface area contributed by atoms with E-state index < -0.39 is 11.0 Å². The molecule has 1 unspecified atom stereocenters. The number of carbonyl (C=O) groups is 1. The van der Waals surface area contributed by atoms with Gasteiger partial charge in [0.05, 0.1) is 23.9 Å². The van der Waals surface area contributed by atoms with Gasteiger partial charge in [0.25, 0.3) is 0 Å². The summed E-state index contributed by atoms with van der Waals surface area (Å²) in [6.07, 6.45) is 0.684. The van der Waals surface area contributed by atoms with Crippen molar-refractivity contribution < 1.29 is 14.5 Å². The summed E-state index contributed by atoms with van der Waals surface area (Å²) in [4.78, 5) is 20.4. The first-order chi connectivity index (χ1) is 7.15. The van der Waals surface area contributed by atoms with Crippen LogP contribution in [-0.2, 0) is 11.3 Å². The lowest BCUT2D eigenvalue weighted by Crippen LogP contribution is -2.20. The molecule has 2 rings (SSSR count). The number of ether oxygens (including phenoxy) is 1. The molecule has 1 atom stereocenters. The quantitative estimate of drug-likeness (QED) is 0.557. The Labute approximate surface area is 84.0 Å². The number of cyclic esters (lactones) is 1. The van der Waals surface area contributed by atoms with Crippen LogP contribution in [0.5, 0.6) is 0 Å². The van der Waals surface area contributed by atoms with Crippen molar-refractivity contribution >= 4 is 11.9 Å². The standard InChI is InChI=1S/C7H8N4O4/c12-7-8-3-5(15-7)4-10-2-1-6(9-10)11(13)14/h1-2,5H,3-4H2,(H,8,12). The molecule has 0 aliphatic carbocycles. The van der Waals surface area contributed by atoms with Gasteiger partial charge in [0, 0.05) is 0 Å². The van der Waals surface area contributed by atoms with Crippen molar-refractivity contribution in [3.63, 3.8) is 0 Å². The Morgan fingerprint density at radius 2 is 2.60 bits per heavy atom. The van der Waals surface area contributed by atoms with Gasteiger partial charge in [0.1, 0.15) is 12.6 Å². The summed E-state index contributed by atoms with van der Waals surface area (Å²) in [5.74, 6) is -0.215. The van der Waals surface area contributed by atoms with Crippen LogP contribution < -0.4 is 5.32 Å². The third-order valence-electron chi connectivity index (χ3n) is 1.95. The largest absolute Gasteiger partial charge is 0.442 e. The molecule has 1 saturated heterocycles. The summed E-state index contributed by atoms with van der Waals surface area (Å²) in [5, 5.41) is 16.5. The van der Waals surface area contributed by atoms with Crippen molar-refractivity contribution in [1.82, 2.24) is 15.1 Å². The van der Waals surface area contributed by atoms with Crippen LogP contribution in [0.25, 0.3) is 0 Å². The van der Waals surface area contributed by atoms with Crippen LogP contribution in [0.1, 0.15) is 0 Å². The lowest BCUT2D eigenvalue weighted by Gasteiger charge is -2.03. The number of nitrogens with one attached hydrogen (secondary N) is 1. The first-order valence-electron chi connectivity index (χ1n) is 4.27. The first-order valence-corrected chi connectivity index (χ1v) is 4.27. The van der Waals surface area contributed by atoms with E-state index in [-0.39, 0.29) is 11.9 Å². The molecule has 1 aromatic heterocycles.